The lowest BCUT2D eigenvalue weighted by Crippen LogP contribution is -2.17. The van der Waals surface area contributed by atoms with Crippen molar-refractivity contribution in [2.75, 3.05) is 22.9 Å². The Morgan fingerprint density at radius 2 is 2.04 bits per heavy atom. The monoisotopic (exact) mass is 397 g/mol. The van der Waals surface area contributed by atoms with Crippen LogP contribution in [0.15, 0.2) is 36.5 Å². The lowest BCUT2D eigenvalue weighted by Gasteiger charge is -2.11. The molecule has 0 aliphatic carbocycles. The van der Waals surface area contributed by atoms with Crippen LogP contribution < -0.4 is 10.0 Å². The standard InChI is InChI=1S/C17H20ClN3O4S/c1-3-4-9-26(23,24)21-16-8-6-13(11-19-16)20-15-10-12(17(22)25-2)5-7-14(15)18/h5-8,10-11,20H,3-4,9H2,1-2H3,(H,19,21). The fraction of sp³-hybridized carbons (Fsp3) is 0.294. The van der Waals surface area contributed by atoms with E-state index >= 15 is 0 Å². The predicted octanol–water partition coefficient (Wildman–Crippen LogP) is 3.81. The van der Waals surface area contributed by atoms with Crippen molar-refractivity contribution >= 4 is 44.8 Å². The molecule has 140 valence electrons. The second kappa shape index (κ2) is 8.86. The number of halogens is 1. The summed E-state index contributed by atoms with van der Waals surface area (Å²) in [7, 11) is -2.10. The number of ether oxygens (including phenoxy) is 1. The maximum Gasteiger partial charge on any atom is 0.337 e. The highest BCUT2D eigenvalue weighted by molar-refractivity contribution is 7.92. The maximum atomic E-state index is 11.9. The van der Waals surface area contributed by atoms with E-state index in [1.54, 1.807) is 30.3 Å². The summed E-state index contributed by atoms with van der Waals surface area (Å²) in [6.07, 6.45) is 2.85. The maximum absolute atomic E-state index is 11.9. The molecule has 0 amide bonds. The average molecular weight is 398 g/mol. The molecule has 2 aromatic rings. The first kappa shape index (κ1) is 20.0. The van der Waals surface area contributed by atoms with Crippen molar-refractivity contribution in [2.45, 2.75) is 19.8 Å². The minimum Gasteiger partial charge on any atom is -0.465 e. The molecule has 1 heterocycles. The Morgan fingerprint density at radius 1 is 1.27 bits per heavy atom. The fourth-order valence-corrected chi connectivity index (χ4v) is 3.47. The Hall–Kier alpha value is -2.32. The van der Waals surface area contributed by atoms with Gasteiger partial charge in [-0.3, -0.25) is 4.72 Å². The van der Waals surface area contributed by atoms with Gasteiger partial charge in [-0.1, -0.05) is 24.9 Å². The van der Waals surface area contributed by atoms with Crippen LogP contribution in [-0.2, 0) is 14.8 Å². The second-order valence-electron chi connectivity index (χ2n) is 5.52. The number of esters is 1. The largest absolute Gasteiger partial charge is 0.465 e. The first-order chi connectivity index (χ1) is 12.3. The molecule has 2 N–H and O–H groups in total. The van der Waals surface area contributed by atoms with Crippen LogP contribution in [0.5, 0.6) is 0 Å². The first-order valence-corrected chi connectivity index (χ1v) is 9.99. The van der Waals surface area contributed by atoms with Crippen LogP contribution in [0.25, 0.3) is 0 Å². The molecule has 0 spiro atoms. The highest BCUT2D eigenvalue weighted by atomic mass is 35.5. The van der Waals surface area contributed by atoms with Crippen molar-refractivity contribution in [2.24, 2.45) is 0 Å². The van der Waals surface area contributed by atoms with Crippen LogP contribution in [0, 0.1) is 0 Å². The number of nitrogens with one attached hydrogen (secondary N) is 2. The number of aromatic nitrogens is 1. The van der Waals surface area contributed by atoms with E-state index in [2.05, 4.69) is 19.8 Å². The third kappa shape index (κ3) is 5.60. The Balaban J connectivity index is 2.11. The molecular formula is C17H20ClN3O4S. The van der Waals surface area contributed by atoms with Gasteiger partial charge in [0, 0.05) is 0 Å². The van der Waals surface area contributed by atoms with Gasteiger partial charge in [-0.2, -0.15) is 0 Å². The van der Waals surface area contributed by atoms with Gasteiger partial charge in [0.1, 0.15) is 5.82 Å². The van der Waals surface area contributed by atoms with E-state index in [1.165, 1.54) is 13.3 Å². The predicted molar refractivity (Wildman–Crippen MR) is 103 cm³/mol. The number of rotatable bonds is 8. The number of hydrogen-bond donors (Lipinski definition) is 2. The summed E-state index contributed by atoms with van der Waals surface area (Å²) < 4.78 is 30.9. The van der Waals surface area contributed by atoms with Gasteiger partial charge in [-0.05, 0) is 36.8 Å². The number of anilines is 3. The van der Waals surface area contributed by atoms with E-state index in [0.717, 1.165) is 6.42 Å². The summed E-state index contributed by atoms with van der Waals surface area (Å²) in [5, 5.41) is 3.45. The van der Waals surface area contributed by atoms with Crippen molar-refractivity contribution in [3.8, 4) is 0 Å². The van der Waals surface area contributed by atoms with Gasteiger partial charge in [-0.15, -0.1) is 0 Å². The zero-order chi connectivity index (χ0) is 19.2. The fourth-order valence-electron chi connectivity index (χ4n) is 2.09. The molecular weight excluding hydrogens is 378 g/mol. The molecule has 0 atom stereocenters. The third-order valence-corrected chi connectivity index (χ3v) is 5.13. The number of benzene rings is 1. The van der Waals surface area contributed by atoms with Crippen molar-refractivity contribution in [3.63, 3.8) is 0 Å². The first-order valence-electron chi connectivity index (χ1n) is 7.96. The summed E-state index contributed by atoms with van der Waals surface area (Å²) in [6, 6.07) is 7.91. The molecule has 2 rings (SSSR count). The molecule has 0 bridgehead atoms. The van der Waals surface area contributed by atoms with Gasteiger partial charge in [0.25, 0.3) is 0 Å². The summed E-state index contributed by atoms with van der Waals surface area (Å²) >= 11 is 6.13. The molecule has 0 saturated carbocycles. The number of hydrogen-bond acceptors (Lipinski definition) is 6. The smallest absolute Gasteiger partial charge is 0.337 e. The second-order valence-corrected chi connectivity index (χ2v) is 7.77. The molecule has 0 unspecified atom stereocenters. The Labute approximate surface area is 157 Å². The van der Waals surface area contributed by atoms with E-state index in [-0.39, 0.29) is 11.6 Å². The lowest BCUT2D eigenvalue weighted by molar-refractivity contribution is 0.0601. The zero-order valence-corrected chi connectivity index (χ0v) is 16.0. The number of sulfonamides is 1. The van der Waals surface area contributed by atoms with Crippen LogP contribution in [-0.4, -0.2) is 32.2 Å². The Morgan fingerprint density at radius 3 is 2.65 bits per heavy atom. The van der Waals surface area contributed by atoms with Crippen LogP contribution >= 0.6 is 11.6 Å². The van der Waals surface area contributed by atoms with Crippen LogP contribution in [0.1, 0.15) is 30.1 Å². The molecule has 0 aliphatic heterocycles. The number of carbonyl (C=O) groups excluding carboxylic acids is 1. The van der Waals surface area contributed by atoms with Crippen LogP contribution in [0.3, 0.4) is 0 Å². The number of pyridine rings is 1. The molecule has 0 saturated heterocycles. The zero-order valence-electron chi connectivity index (χ0n) is 14.5. The summed E-state index contributed by atoms with van der Waals surface area (Å²) in [6.45, 7) is 1.93. The molecule has 26 heavy (non-hydrogen) atoms. The minimum absolute atomic E-state index is 0.0567. The van der Waals surface area contributed by atoms with E-state index in [4.69, 9.17) is 11.6 Å². The van der Waals surface area contributed by atoms with Crippen molar-refractivity contribution in [3.05, 3.63) is 47.1 Å². The minimum atomic E-state index is -3.40. The van der Waals surface area contributed by atoms with E-state index < -0.39 is 16.0 Å². The number of unbranched alkanes of at least 4 members (excludes halogenated alkanes) is 1. The molecule has 0 fully saturated rings. The normalized spacial score (nSPS) is 11.0. The highest BCUT2D eigenvalue weighted by Crippen LogP contribution is 2.27. The molecule has 0 aliphatic rings. The topological polar surface area (TPSA) is 97.4 Å². The van der Waals surface area contributed by atoms with Crippen molar-refractivity contribution < 1.29 is 17.9 Å². The van der Waals surface area contributed by atoms with Crippen molar-refractivity contribution in [1.29, 1.82) is 0 Å². The summed E-state index contributed by atoms with van der Waals surface area (Å²) in [4.78, 5) is 15.7. The van der Waals surface area contributed by atoms with Crippen molar-refractivity contribution in [1.82, 2.24) is 4.98 Å². The van der Waals surface area contributed by atoms with Gasteiger partial charge in [0.15, 0.2) is 0 Å². The van der Waals surface area contributed by atoms with Crippen LogP contribution in [0.2, 0.25) is 5.02 Å². The van der Waals surface area contributed by atoms with Gasteiger partial charge in [0.2, 0.25) is 10.0 Å². The Bertz CT molecular complexity index is 870. The third-order valence-electron chi connectivity index (χ3n) is 3.46. The lowest BCUT2D eigenvalue weighted by atomic mass is 10.2. The number of carbonyl (C=O) groups is 1. The molecule has 1 aromatic heterocycles. The van der Waals surface area contributed by atoms with Gasteiger partial charge in [0.05, 0.1) is 41.0 Å². The molecule has 7 nitrogen and oxygen atoms in total. The number of nitrogens with zero attached hydrogens (tertiary/aromatic N) is 1. The van der Waals surface area contributed by atoms with Gasteiger partial charge >= 0.3 is 5.97 Å². The van der Waals surface area contributed by atoms with E-state index in [0.29, 0.717) is 28.4 Å². The summed E-state index contributed by atoms with van der Waals surface area (Å²) in [5.74, 6) is -0.179. The van der Waals surface area contributed by atoms with E-state index in [9.17, 15) is 13.2 Å². The molecule has 1 aromatic carbocycles. The van der Waals surface area contributed by atoms with E-state index in [1.807, 2.05) is 6.92 Å². The average Bonchev–Trinajstić information content (AvgIpc) is 2.62. The molecule has 9 heteroatoms. The Kier molecular flexibility index (Phi) is 6.82. The summed E-state index contributed by atoms with van der Waals surface area (Å²) in [5.41, 5.74) is 1.45. The molecule has 0 radical (unpaired) electrons. The van der Waals surface area contributed by atoms with Gasteiger partial charge in [-0.25, -0.2) is 18.2 Å². The quantitative estimate of drug-likeness (QED) is 0.657. The number of methoxy groups -OCH3 is 1. The highest BCUT2D eigenvalue weighted by Gasteiger charge is 2.11. The van der Waals surface area contributed by atoms with Gasteiger partial charge < -0.3 is 10.1 Å². The SMILES string of the molecule is CCCCS(=O)(=O)Nc1ccc(Nc2cc(C(=O)OC)ccc2Cl)cn1. The van der Waals surface area contributed by atoms with Crippen LogP contribution in [0.4, 0.5) is 17.2 Å².